The Morgan fingerprint density at radius 2 is 2.26 bits per heavy atom. The summed E-state index contributed by atoms with van der Waals surface area (Å²) in [5.41, 5.74) is 1.24. The summed E-state index contributed by atoms with van der Waals surface area (Å²) in [6.07, 6.45) is 2.04. The van der Waals surface area contributed by atoms with Crippen LogP contribution in [0.15, 0.2) is 16.8 Å². The maximum atomic E-state index is 11.8. The van der Waals surface area contributed by atoms with Gasteiger partial charge in [0.25, 0.3) is 0 Å². The highest BCUT2D eigenvalue weighted by molar-refractivity contribution is 7.98. The largest absolute Gasteiger partial charge is 0.336 e. The lowest BCUT2D eigenvalue weighted by atomic mass is 10.1. The molecule has 0 unspecified atom stereocenters. The molecule has 19 heavy (non-hydrogen) atoms. The van der Waals surface area contributed by atoms with Crippen LogP contribution in [-0.4, -0.2) is 49.6 Å². The summed E-state index contributed by atoms with van der Waals surface area (Å²) in [6, 6.07) is 2.41. The van der Waals surface area contributed by atoms with Crippen LogP contribution in [0.4, 0.5) is 4.79 Å². The summed E-state index contributed by atoms with van der Waals surface area (Å²) in [7, 11) is 4.05. The van der Waals surface area contributed by atoms with E-state index in [1.54, 1.807) is 23.1 Å². The minimum atomic E-state index is -0.0939. The normalized spacial score (nSPS) is 14.2. The predicted octanol–water partition coefficient (Wildman–Crippen LogP) is 2.40. The van der Waals surface area contributed by atoms with E-state index in [2.05, 4.69) is 32.4 Å². The Morgan fingerprint density at radius 1 is 1.53 bits per heavy atom. The molecule has 108 valence electrons. The van der Waals surface area contributed by atoms with Gasteiger partial charge in [-0.05, 0) is 49.7 Å². The molecule has 0 aromatic carbocycles. The van der Waals surface area contributed by atoms with E-state index >= 15 is 0 Å². The van der Waals surface area contributed by atoms with Crippen LogP contribution < -0.4 is 10.6 Å². The number of likely N-dealkylation sites (N-methyl/N-ethyl adjacent to an activating group) is 1. The van der Waals surface area contributed by atoms with Crippen molar-refractivity contribution in [2.24, 2.45) is 0 Å². The Bertz CT molecular complexity index is 368. The minimum absolute atomic E-state index is 0.0939. The number of amides is 2. The van der Waals surface area contributed by atoms with Gasteiger partial charge in [-0.1, -0.05) is 0 Å². The second-order valence-corrected chi connectivity index (χ2v) is 6.44. The Hall–Kier alpha value is -0.720. The van der Waals surface area contributed by atoms with Crippen LogP contribution in [0.3, 0.4) is 0 Å². The predicted molar refractivity (Wildman–Crippen MR) is 85.1 cm³/mol. The zero-order valence-electron chi connectivity index (χ0n) is 12.0. The molecule has 1 aromatic rings. The van der Waals surface area contributed by atoms with E-state index in [0.29, 0.717) is 6.54 Å². The third-order valence-electron chi connectivity index (χ3n) is 2.80. The molecule has 6 heteroatoms. The maximum absolute atomic E-state index is 11.8. The number of thiophene rings is 1. The second-order valence-electron chi connectivity index (χ2n) is 4.75. The highest BCUT2D eigenvalue weighted by Crippen LogP contribution is 2.19. The molecule has 2 atom stereocenters. The molecule has 0 saturated heterocycles. The molecule has 1 aromatic heterocycles. The van der Waals surface area contributed by atoms with Crippen molar-refractivity contribution in [2.75, 3.05) is 32.6 Å². The van der Waals surface area contributed by atoms with Crippen molar-refractivity contribution < 1.29 is 4.79 Å². The molecule has 1 rings (SSSR count). The number of urea groups is 1. The zero-order valence-corrected chi connectivity index (χ0v) is 13.6. The van der Waals surface area contributed by atoms with Crippen molar-refractivity contribution in [1.29, 1.82) is 0 Å². The van der Waals surface area contributed by atoms with Crippen LogP contribution in [0.5, 0.6) is 0 Å². The summed E-state index contributed by atoms with van der Waals surface area (Å²) in [5, 5.41) is 10.1. The summed E-state index contributed by atoms with van der Waals surface area (Å²) in [4.78, 5) is 13.9. The quantitative estimate of drug-likeness (QED) is 0.813. The first-order valence-electron chi connectivity index (χ1n) is 6.26. The molecule has 2 amide bonds. The van der Waals surface area contributed by atoms with Crippen molar-refractivity contribution >= 4 is 29.1 Å². The molecule has 4 nitrogen and oxygen atoms in total. The number of rotatable bonds is 7. The molecule has 0 bridgehead atoms. The summed E-state index contributed by atoms with van der Waals surface area (Å²) >= 11 is 3.41. The van der Waals surface area contributed by atoms with Crippen LogP contribution in [0.2, 0.25) is 0 Å². The third-order valence-corrected chi connectivity index (χ3v) is 4.34. The van der Waals surface area contributed by atoms with E-state index in [4.69, 9.17) is 0 Å². The minimum Gasteiger partial charge on any atom is -0.336 e. The van der Waals surface area contributed by atoms with Crippen molar-refractivity contribution in [3.63, 3.8) is 0 Å². The molecular weight excluding hydrogens is 278 g/mol. The van der Waals surface area contributed by atoms with E-state index in [0.717, 1.165) is 5.75 Å². The van der Waals surface area contributed by atoms with Gasteiger partial charge in [0.15, 0.2) is 0 Å². The highest BCUT2D eigenvalue weighted by atomic mass is 32.2. The van der Waals surface area contributed by atoms with Crippen LogP contribution >= 0.6 is 23.1 Å². The van der Waals surface area contributed by atoms with E-state index < -0.39 is 0 Å². The Labute approximate surface area is 124 Å². The maximum Gasteiger partial charge on any atom is 0.315 e. The molecule has 0 aliphatic heterocycles. The van der Waals surface area contributed by atoms with Gasteiger partial charge in [-0.3, -0.25) is 0 Å². The van der Waals surface area contributed by atoms with Crippen LogP contribution in [0.25, 0.3) is 0 Å². The van der Waals surface area contributed by atoms with Crippen molar-refractivity contribution in [1.82, 2.24) is 15.5 Å². The lowest BCUT2D eigenvalue weighted by Gasteiger charge is -2.24. The highest BCUT2D eigenvalue weighted by Gasteiger charge is 2.16. The van der Waals surface area contributed by atoms with E-state index in [1.165, 1.54) is 5.56 Å². The summed E-state index contributed by atoms with van der Waals surface area (Å²) in [5.74, 6) is 0.926. The van der Waals surface area contributed by atoms with Gasteiger partial charge in [-0.15, -0.1) is 0 Å². The molecule has 0 aliphatic carbocycles. The molecule has 2 N–H and O–H groups in total. The van der Waals surface area contributed by atoms with Crippen molar-refractivity contribution in [3.8, 4) is 0 Å². The fraction of sp³-hybridized carbons (Fsp3) is 0.615. The summed E-state index contributed by atoms with van der Waals surface area (Å²) < 4.78 is 0. The summed E-state index contributed by atoms with van der Waals surface area (Å²) in [6.45, 7) is 2.62. The van der Waals surface area contributed by atoms with Crippen molar-refractivity contribution in [2.45, 2.75) is 19.0 Å². The Morgan fingerprint density at radius 3 is 2.79 bits per heavy atom. The molecular formula is C13H23N3OS2. The van der Waals surface area contributed by atoms with Gasteiger partial charge in [-0.25, -0.2) is 4.79 Å². The zero-order chi connectivity index (χ0) is 14.3. The molecule has 0 radical (unpaired) electrons. The van der Waals surface area contributed by atoms with Gasteiger partial charge in [0, 0.05) is 18.3 Å². The van der Waals surface area contributed by atoms with Gasteiger partial charge in [-0.2, -0.15) is 23.1 Å². The van der Waals surface area contributed by atoms with Crippen molar-refractivity contribution in [3.05, 3.63) is 22.4 Å². The fourth-order valence-corrected chi connectivity index (χ4v) is 3.11. The number of hydrogen-bond donors (Lipinski definition) is 2. The topological polar surface area (TPSA) is 44.4 Å². The second kappa shape index (κ2) is 8.45. The lowest BCUT2D eigenvalue weighted by Crippen LogP contribution is -2.44. The van der Waals surface area contributed by atoms with E-state index in [-0.39, 0.29) is 18.1 Å². The standard InChI is InChI=1S/C13H23N3OS2/c1-10(8-18-4)15-13(17)14-7-12(16(2)3)11-5-6-19-9-11/h5-6,9-10,12H,7-8H2,1-4H3,(H2,14,15,17)/t10-,12+/m1/s1. The molecule has 1 heterocycles. The smallest absolute Gasteiger partial charge is 0.315 e. The monoisotopic (exact) mass is 301 g/mol. The van der Waals surface area contributed by atoms with Crippen LogP contribution in [0, 0.1) is 0 Å². The number of nitrogens with one attached hydrogen (secondary N) is 2. The molecule has 0 spiro atoms. The van der Waals surface area contributed by atoms with E-state index in [9.17, 15) is 4.79 Å². The third kappa shape index (κ3) is 5.84. The number of thioether (sulfide) groups is 1. The first-order chi connectivity index (χ1) is 9.04. The molecule has 0 aliphatic rings. The molecule has 0 saturated carbocycles. The number of nitrogens with zero attached hydrogens (tertiary/aromatic N) is 1. The van der Waals surface area contributed by atoms with Gasteiger partial charge >= 0.3 is 6.03 Å². The number of carbonyl (C=O) groups is 1. The van der Waals surface area contributed by atoms with Gasteiger partial charge in [0.1, 0.15) is 0 Å². The van der Waals surface area contributed by atoms with Gasteiger partial charge in [0.05, 0.1) is 6.04 Å². The van der Waals surface area contributed by atoms with Crippen LogP contribution in [0.1, 0.15) is 18.5 Å². The lowest BCUT2D eigenvalue weighted by molar-refractivity contribution is 0.231. The number of carbonyl (C=O) groups excluding carboxylic acids is 1. The number of hydrogen-bond acceptors (Lipinski definition) is 4. The Balaban J connectivity index is 2.42. The first kappa shape index (κ1) is 16.3. The van der Waals surface area contributed by atoms with Crippen LogP contribution in [-0.2, 0) is 0 Å². The first-order valence-corrected chi connectivity index (χ1v) is 8.60. The average Bonchev–Trinajstić information content (AvgIpc) is 2.82. The SMILES string of the molecule is CSC[C@@H](C)NC(=O)NC[C@@H](c1ccsc1)N(C)C. The van der Waals surface area contributed by atoms with Gasteiger partial charge in [0.2, 0.25) is 0 Å². The Kier molecular flexibility index (Phi) is 7.27. The molecule has 0 fully saturated rings. The van der Waals surface area contributed by atoms with E-state index in [1.807, 2.05) is 27.3 Å². The average molecular weight is 301 g/mol. The van der Waals surface area contributed by atoms with Gasteiger partial charge < -0.3 is 15.5 Å². The fourth-order valence-electron chi connectivity index (χ4n) is 1.82.